The van der Waals surface area contributed by atoms with E-state index in [0.29, 0.717) is 13.2 Å². The molecule has 0 aliphatic carbocycles. The lowest BCUT2D eigenvalue weighted by Crippen LogP contribution is -2.38. The van der Waals surface area contributed by atoms with Gasteiger partial charge in [-0.15, -0.1) is 5.10 Å². The lowest BCUT2D eigenvalue weighted by molar-refractivity contribution is 0.289. The van der Waals surface area contributed by atoms with Crippen LogP contribution in [0.5, 0.6) is 5.75 Å². The maximum Gasteiger partial charge on any atom is 0.119 e. The Kier molecular flexibility index (Phi) is 4.41. The Labute approximate surface area is 122 Å². The molecule has 0 spiro atoms. The fourth-order valence-electron chi connectivity index (χ4n) is 1.54. The van der Waals surface area contributed by atoms with Crippen LogP contribution in [0, 0.1) is 0 Å². The molecule has 19 heavy (non-hydrogen) atoms. The zero-order chi connectivity index (χ0) is 13.9. The fourth-order valence-corrected chi connectivity index (χ4v) is 2.68. The van der Waals surface area contributed by atoms with Crippen LogP contribution in [0.1, 0.15) is 0 Å². The van der Waals surface area contributed by atoms with E-state index < -0.39 is 8.07 Å². The number of hydrogen-bond donors (Lipinski definition) is 0. The summed E-state index contributed by atoms with van der Waals surface area (Å²) in [6.45, 7) is 8.10. The van der Waals surface area contributed by atoms with Gasteiger partial charge in [0.1, 0.15) is 20.4 Å². The van der Waals surface area contributed by atoms with Crippen LogP contribution >= 0.6 is 15.9 Å². The third-order valence-electron chi connectivity index (χ3n) is 2.71. The molecule has 0 atom stereocenters. The van der Waals surface area contributed by atoms with Gasteiger partial charge < -0.3 is 4.74 Å². The SMILES string of the molecule is C[Si](C)(C)c1cn(CCOc2ccc(Br)cc2)nn1. The summed E-state index contributed by atoms with van der Waals surface area (Å²) in [7, 11) is -1.36. The van der Waals surface area contributed by atoms with Crippen molar-refractivity contribution in [2.24, 2.45) is 0 Å². The number of ether oxygens (including phenoxy) is 1. The number of hydrogen-bond acceptors (Lipinski definition) is 3. The van der Waals surface area contributed by atoms with Crippen molar-refractivity contribution >= 4 is 29.3 Å². The summed E-state index contributed by atoms with van der Waals surface area (Å²) in [5.74, 6) is 0.869. The predicted molar refractivity (Wildman–Crippen MR) is 82.6 cm³/mol. The molecule has 0 saturated carbocycles. The van der Waals surface area contributed by atoms with Gasteiger partial charge in [0.2, 0.25) is 0 Å². The molecule has 102 valence electrons. The second kappa shape index (κ2) is 5.88. The summed E-state index contributed by atoms with van der Waals surface area (Å²) in [4.78, 5) is 0. The van der Waals surface area contributed by atoms with E-state index in [1.54, 1.807) is 0 Å². The van der Waals surface area contributed by atoms with E-state index in [9.17, 15) is 0 Å². The summed E-state index contributed by atoms with van der Waals surface area (Å²) in [5, 5.41) is 9.51. The van der Waals surface area contributed by atoms with Crippen molar-refractivity contribution < 1.29 is 4.74 Å². The van der Waals surface area contributed by atoms with Crippen molar-refractivity contribution in [3.8, 4) is 5.75 Å². The molecule has 0 radical (unpaired) electrons. The van der Waals surface area contributed by atoms with Crippen LogP contribution in [0.2, 0.25) is 19.6 Å². The molecule has 0 aliphatic rings. The molecule has 6 heteroatoms. The molecule has 2 rings (SSSR count). The average molecular weight is 340 g/mol. The Morgan fingerprint density at radius 2 is 1.89 bits per heavy atom. The van der Waals surface area contributed by atoms with Crippen LogP contribution in [0.15, 0.2) is 34.9 Å². The third kappa shape index (κ3) is 4.17. The van der Waals surface area contributed by atoms with Crippen LogP contribution < -0.4 is 10.1 Å². The number of nitrogens with zero attached hydrogens (tertiary/aromatic N) is 3. The Hall–Kier alpha value is -1.14. The first-order valence-corrected chi connectivity index (χ1v) is 10.5. The van der Waals surface area contributed by atoms with Crippen LogP contribution in [0.4, 0.5) is 0 Å². The maximum absolute atomic E-state index is 5.66. The highest BCUT2D eigenvalue weighted by molar-refractivity contribution is 9.10. The molecule has 2 aromatic rings. The van der Waals surface area contributed by atoms with Gasteiger partial charge in [-0.2, -0.15) is 0 Å². The molecule has 4 nitrogen and oxygen atoms in total. The highest BCUT2D eigenvalue weighted by Crippen LogP contribution is 2.15. The predicted octanol–water partition coefficient (Wildman–Crippen LogP) is 2.66. The molecule has 0 unspecified atom stereocenters. The molecule has 0 fully saturated rings. The van der Waals surface area contributed by atoms with Gasteiger partial charge in [-0.1, -0.05) is 40.8 Å². The summed E-state index contributed by atoms with van der Waals surface area (Å²) in [6, 6.07) is 7.82. The minimum Gasteiger partial charge on any atom is -0.492 e. The smallest absolute Gasteiger partial charge is 0.119 e. The van der Waals surface area contributed by atoms with Crippen LogP contribution in [-0.2, 0) is 6.54 Å². The van der Waals surface area contributed by atoms with Gasteiger partial charge in [-0.25, -0.2) is 4.68 Å². The average Bonchev–Trinajstić information content (AvgIpc) is 2.80. The summed E-state index contributed by atoms with van der Waals surface area (Å²) >= 11 is 3.40. The van der Waals surface area contributed by atoms with Gasteiger partial charge in [0.25, 0.3) is 0 Å². The van der Waals surface area contributed by atoms with E-state index in [-0.39, 0.29) is 0 Å². The fraction of sp³-hybridized carbons (Fsp3) is 0.385. The van der Waals surface area contributed by atoms with Crippen molar-refractivity contribution in [2.45, 2.75) is 26.2 Å². The number of halogens is 1. The van der Waals surface area contributed by atoms with E-state index in [0.717, 1.165) is 15.5 Å². The van der Waals surface area contributed by atoms with Crippen molar-refractivity contribution in [3.63, 3.8) is 0 Å². The standard InChI is InChI=1S/C13H18BrN3OSi/c1-19(2,3)13-10-17(16-15-13)8-9-18-12-6-4-11(14)5-7-12/h4-7,10H,8-9H2,1-3H3. The minimum absolute atomic E-state index is 0.593. The zero-order valence-electron chi connectivity index (χ0n) is 11.4. The zero-order valence-corrected chi connectivity index (χ0v) is 14.0. The topological polar surface area (TPSA) is 39.9 Å². The van der Waals surface area contributed by atoms with E-state index in [2.05, 4.69) is 45.9 Å². The first kappa shape index (κ1) is 14.3. The van der Waals surface area contributed by atoms with Gasteiger partial charge >= 0.3 is 0 Å². The molecule has 0 aliphatic heterocycles. The van der Waals surface area contributed by atoms with Crippen LogP contribution in [0.3, 0.4) is 0 Å². The lowest BCUT2D eigenvalue weighted by atomic mass is 10.3. The van der Waals surface area contributed by atoms with Gasteiger partial charge in [-0.05, 0) is 24.3 Å². The van der Waals surface area contributed by atoms with Gasteiger partial charge in [0, 0.05) is 10.7 Å². The van der Waals surface area contributed by atoms with Crippen molar-refractivity contribution in [2.75, 3.05) is 6.61 Å². The summed E-state index contributed by atoms with van der Waals surface area (Å²) < 4.78 is 8.57. The molecule has 0 bridgehead atoms. The third-order valence-corrected chi connectivity index (χ3v) is 5.00. The van der Waals surface area contributed by atoms with Gasteiger partial charge in [-0.3, -0.25) is 0 Å². The first-order chi connectivity index (χ1) is 8.95. The van der Waals surface area contributed by atoms with Crippen LogP contribution in [0.25, 0.3) is 0 Å². The summed E-state index contributed by atoms with van der Waals surface area (Å²) in [5.41, 5.74) is 0. The molecule has 0 amide bonds. The second-order valence-corrected chi connectivity index (χ2v) is 11.3. The van der Waals surface area contributed by atoms with E-state index in [4.69, 9.17) is 4.74 Å². The van der Waals surface area contributed by atoms with Crippen molar-refractivity contribution in [3.05, 3.63) is 34.9 Å². The minimum atomic E-state index is -1.36. The molecular formula is C13H18BrN3OSi. The van der Waals surface area contributed by atoms with Gasteiger partial charge in [0.05, 0.1) is 11.9 Å². The Balaban J connectivity index is 1.86. The molecule has 1 heterocycles. The monoisotopic (exact) mass is 339 g/mol. The maximum atomic E-state index is 5.66. The second-order valence-electron chi connectivity index (χ2n) is 5.42. The normalized spacial score (nSPS) is 11.6. The highest BCUT2D eigenvalue weighted by Gasteiger charge is 2.20. The Bertz CT molecular complexity index is 534. The lowest BCUT2D eigenvalue weighted by Gasteiger charge is -2.10. The van der Waals surface area contributed by atoms with E-state index in [1.807, 2.05) is 35.1 Å². The first-order valence-electron chi connectivity index (χ1n) is 6.24. The highest BCUT2D eigenvalue weighted by atomic mass is 79.9. The van der Waals surface area contributed by atoms with E-state index in [1.165, 1.54) is 0 Å². The Morgan fingerprint density at radius 1 is 1.21 bits per heavy atom. The molecule has 1 aromatic heterocycles. The summed E-state index contributed by atoms with van der Waals surface area (Å²) in [6.07, 6.45) is 2.04. The van der Waals surface area contributed by atoms with Crippen molar-refractivity contribution in [1.82, 2.24) is 15.0 Å². The Morgan fingerprint density at radius 3 is 2.47 bits per heavy atom. The van der Waals surface area contributed by atoms with Crippen LogP contribution in [-0.4, -0.2) is 29.7 Å². The molecular weight excluding hydrogens is 322 g/mol. The number of aromatic nitrogens is 3. The molecule has 1 aromatic carbocycles. The quantitative estimate of drug-likeness (QED) is 0.786. The molecule has 0 N–H and O–H groups in total. The van der Waals surface area contributed by atoms with Crippen molar-refractivity contribution in [1.29, 1.82) is 0 Å². The van der Waals surface area contributed by atoms with E-state index >= 15 is 0 Å². The van der Waals surface area contributed by atoms with Gasteiger partial charge in [0.15, 0.2) is 0 Å². The largest absolute Gasteiger partial charge is 0.492 e. The number of benzene rings is 1. The molecule has 0 saturated heterocycles. The number of rotatable bonds is 5.